The van der Waals surface area contributed by atoms with Gasteiger partial charge >= 0.3 is 0 Å². The Bertz CT molecular complexity index is 1060. The smallest absolute Gasteiger partial charge is 0.223 e. The fourth-order valence-corrected chi connectivity index (χ4v) is 5.12. The average Bonchev–Trinajstić information content (AvgIpc) is 3.11. The van der Waals surface area contributed by atoms with Crippen LogP contribution in [0, 0.1) is 17.0 Å². The molecule has 1 saturated carbocycles. The number of nitrogens with one attached hydrogen (secondary N) is 1. The molecule has 164 valence electrons. The molecule has 1 aliphatic carbocycles. The number of hydrogen-bond acceptors (Lipinski definition) is 6. The van der Waals surface area contributed by atoms with Crippen LogP contribution in [0.1, 0.15) is 51.0 Å². The molecule has 1 aromatic carbocycles. The molecular weight excluding hydrogens is 402 g/mol. The summed E-state index contributed by atoms with van der Waals surface area (Å²) in [6.07, 6.45) is 3.90. The highest BCUT2D eigenvalue weighted by Crippen LogP contribution is 2.53. The molecule has 8 heteroatoms. The SMILES string of the molecule is CC1(C)CCCC2=Nc3c(F)cc(-c4nc(N[C@@H]5CCOC[C@H]5O)ncc4F)cc3C21. The number of hydrogen-bond donors (Lipinski definition) is 2. The van der Waals surface area contributed by atoms with E-state index >= 15 is 4.39 Å². The number of benzene rings is 1. The first-order valence-electron chi connectivity index (χ1n) is 10.8. The van der Waals surface area contributed by atoms with E-state index in [2.05, 4.69) is 34.1 Å². The second-order valence-electron chi connectivity index (χ2n) is 9.35. The van der Waals surface area contributed by atoms with Gasteiger partial charge in [-0.3, -0.25) is 4.99 Å². The van der Waals surface area contributed by atoms with Gasteiger partial charge in [0.1, 0.15) is 17.2 Å². The number of anilines is 1. The third-order valence-corrected chi connectivity index (χ3v) is 6.69. The highest BCUT2D eigenvalue weighted by Gasteiger charge is 2.42. The molecule has 0 amide bonds. The van der Waals surface area contributed by atoms with Crippen LogP contribution in [0.25, 0.3) is 11.3 Å². The molecule has 1 aromatic heterocycles. The van der Waals surface area contributed by atoms with Crippen molar-refractivity contribution in [2.24, 2.45) is 10.4 Å². The van der Waals surface area contributed by atoms with E-state index in [4.69, 9.17) is 4.74 Å². The third kappa shape index (κ3) is 3.61. The van der Waals surface area contributed by atoms with E-state index in [0.29, 0.717) is 24.3 Å². The van der Waals surface area contributed by atoms with Gasteiger partial charge in [0, 0.05) is 23.8 Å². The van der Waals surface area contributed by atoms with Crippen molar-refractivity contribution in [3.8, 4) is 11.3 Å². The zero-order chi connectivity index (χ0) is 21.8. The number of nitrogens with zero attached hydrogens (tertiary/aromatic N) is 3. The van der Waals surface area contributed by atoms with Crippen LogP contribution in [0.5, 0.6) is 0 Å². The van der Waals surface area contributed by atoms with Crippen LogP contribution in [-0.2, 0) is 4.74 Å². The van der Waals surface area contributed by atoms with Crippen LogP contribution in [0.4, 0.5) is 20.4 Å². The van der Waals surface area contributed by atoms with E-state index in [1.807, 2.05) is 6.07 Å². The Morgan fingerprint density at radius 3 is 2.87 bits per heavy atom. The topological polar surface area (TPSA) is 79.6 Å². The van der Waals surface area contributed by atoms with Crippen LogP contribution in [0.15, 0.2) is 23.3 Å². The molecule has 31 heavy (non-hydrogen) atoms. The number of ether oxygens (including phenoxy) is 1. The Labute approximate surface area is 179 Å². The van der Waals surface area contributed by atoms with Crippen LogP contribution >= 0.6 is 0 Å². The standard InChI is InChI=1S/C23H26F2N4O2/c1-23(2)6-3-4-17-19(23)13-8-12(9-14(24)21(13)27-17)20-15(25)10-26-22(29-20)28-16-5-7-31-11-18(16)30/h8-10,16,18-19,30H,3-7,11H2,1-2H3,(H,26,28,29)/t16-,18-,19?/m1/s1. The number of rotatable bonds is 3. The van der Waals surface area contributed by atoms with Crippen molar-refractivity contribution in [3.63, 3.8) is 0 Å². The van der Waals surface area contributed by atoms with Crippen molar-refractivity contribution in [2.75, 3.05) is 18.5 Å². The molecule has 6 nitrogen and oxygen atoms in total. The van der Waals surface area contributed by atoms with Gasteiger partial charge in [-0.15, -0.1) is 0 Å². The Kier molecular flexibility index (Phi) is 5.01. The number of aliphatic imine (C=N–C) groups is 1. The summed E-state index contributed by atoms with van der Waals surface area (Å²) >= 11 is 0. The number of aliphatic hydroxyl groups is 1. The van der Waals surface area contributed by atoms with E-state index in [0.717, 1.165) is 36.7 Å². The summed E-state index contributed by atoms with van der Waals surface area (Å²) in [7, 11) is 0. The second kappa shape index (κ2) is 7.60. The maximum Gasteiger partial charge on any atom is 0.223 e. The van der Waals surface area contributed by atoms with E-state index in [9.17, 15) is 9.50 Å². The van der Waals surface area contributed by atoms with Gasteiger partial charge in [-0.05, 0) is 48.8 Å². The predicted molar refractivity (Wildman–Crippen MR) is 114 cm³/mol. The van der Waals surface area contributed by atoms with Crippen molar-refractivity contribution in [3.05, 3.63) is 35.5 Å². The van der Waals surface area contributed by atoms with Crippen LogP contribution in [-0.4, -0.2) is 46.1 Å². The Balaban J connectivity index is 1.51. The molecule has 1 unspecified atom stereocenters. The molecule has 3 atom stereocenters. The van der Waals surface area contributed by atoms with E-state index in [1.54, 1.807) is 0 Å². The van der Waals surface area contributed by atoms with Crippen molar-refractivity contribution in [1.29, 1.82) is 0 Å². The molecule has 2 aromatic rings. The summed E-state index contributed by atoms with van der Waals surface area (Å²) in [4.78, 5) is 12.9. The van der Waals surface area contributed by atoms with Crippen molar-refractivity contribution in [1.82, 2.24) is 9.97 Å². The zero-order valence-electron chi connectivity index (χ0n) is 17.7. The number of aliphatic hydroxyl groups excluding tert-OH is 1. The quantitative estimate of drug-likeness (QED) is 0.759. The largest absolute Gasteiger partial charge is 0.389 e. The normalized spacial score (nSPS) is 26.7. The highest BCUT2D eigenvalue weighted by atomic mass is 19.1. The van der Waals surface area contributed by atoms with E-state index in [1.165, 1.54) is 6.07 Å². The molecule has 0 bridgehead atoms. The van der Waals surface area contributed by atoms with Crippen LogP contribution < -0.4 is 5.32 Å². The van der Waals surface area contributed by atoms with E-state index < -0.39 is 17.7 Å². The van der Waals surface area contributed by atoms with Gasteiger partial charge in [0.05, 0.1) is 24.9 Å². The zero-order valence-corrected chi connectivity index (χ0v) is 17.7. The Morgan fingerprint density at radius 1 is 1.23 bits per heavy atom. The summed E-state index contributed by atoms with van der Waals surface area (Å²) in [5.74, 6) is -0.860. The van der Waals surface area contributed by atoms with Gasteiger partial charge < -0.3 is 15.2 Å². The molecule has 0 radical (unpaired) electrons. The Morgan fingerprint density at radius 2 is 2.06 bits per heavy atom. The van der Waals surface area contributed by atoms with Crippen LogP contribution in [0.2, 0.25) is 0 Å². The van der Waals surface area contributed by atoms with Gasteiger partial charge in [0.2, 0.25) is 5.95 Å². The minimum Gasteiger partial charge on any atom is -0.389 e. The van der Waals surface area contributed by atoms with Crippen molar-refractivity contribution < 1.29 is 18.6 Å². The first kappa shape index (κ1) is 20.5. The lowest BCUT2D eigenvalue weighted by atomic mass is 9.66. The molecule has 2 aliphatic heterocycles. The summed E-state index contributed by atoms with van der Waals surface area (Å²) in [6, 6.07) is 2.83. The summed E-state index contributed by atoms with van der Waals surface area (Å²) in [6.45, 7) is 5.09. The second-order valence-corrected chi connectivity index (χ2v) is 9.35. The van der Waals surface area contributed by atoms with Gasteiger partial charge in [0.15, 0.2) is 5.82 Å². The fourth-order valence-electron chi connectivity index (χ4n) is 5.12. The van der Waals surface area contributed by atoms with Gasteiger partial charge in [-0.2, -0.15) is 0 Å². The first-order chi connectivity index (χ1) is 14.8. The average molecular weight is 428 g/mol. The highest BCUT2D eigenvalue weighted by molar-refractivity contribution is 6.00. The van der Waals surface area contributed by atoms with Gasteiger partial charge in [-0.25, -0.2) is 18.7 Å². The maximum atomic E-state index is 15.0. The first-order valence-corrected chi connectivity index (χ1v) is 10.8. The predicted octanol–water partition coefficient (Wildman–Crippen LogP) is 4.36. The number of halogens is 2. The minimum atomic E-state index is -0.701. The maximum absolute atomic E-state index is 15.0. The molecular formula is C23H26F2N4O2. The van der Waals surface area contributed by atoms with Crippen LogP contribution in [0.3, 0.4) is 0 Å². The monoisotopic (exact) mass is 428 g/mol. The lowest BCUT2D eigenvalue weighted by Gasteiger charge is -2.37. The molecule has 3 heterocycles. The lowest BCUT2D eigenvalue weighted by molar-refractivity contribution is -0.0136. The lowest BCUT2D eigenvalue weighted by Crippen LogP contribution is -2.42. The van der Waals surface area contributed by atoms with E-state index in [-0.39, 0.29) is 35.6 Å². The number of aromatic nitrogens is 2. The molecule has 2 fully saturated rings. The van der Waals surface area contributed by atoms with Crippen molar-refractivity contribution in [2.45, 2.75) is 57.6 Å². The van der Waals surface area contributed by atoms with Crippen molar-refractivity contribution >= 4 is 17.3 Å². The number of fused-ring (bicyclic) bond motifs is 3. The summed E-state index contributed by atoms with van der Waals surface area (Å²) < 4.78 is 35.0. The molecule has 3 aliphatic rings. The van der Waals surface area contributed by atoms with Gasteiger partial charge in [-0.1, -0.05) is 13.8 Å². The molecule has 1 saturated heterocycles. The molecule has 5 rings (SSSR count). The minimum absolute atomic E-state index is 0.0304. The summed E-state index contributed by atoms with van der Waals surface area (Å²) in [5.41, 5.74) is 2.55. The fraction of sp³-hybridized carbons (Fsp3) is 0.522. The third-order valence-electron chi connectivity index (χ3n) is 6.69. The Hall–Kier alpha value is -2.45. The molecule has 0 spiro atoms. The molecule has 2 N–H and O–H groups in total. The van der Waals surface area contributed by atoms with Gasteiger partial charge in [0.25, 0.3) is 0 Å². The summed E-state index contributed by atoms with van der Waals surface area (Å²) in [5, 5.41) is 13.2.